The number of hydrogen-bond donors (Lipinski definition) is 1. The SMILES string of the molecule is Cc1ccccc1OCC(=O)N(Cc1cccc(Cl)c1)[C@@H](C)C(=O)NC1CCCCC1. The van der Waals surface area contributed by atoms with Gasteiger partial charge in [0.2, 0.25) is 5.91 Å². The number of carbonyl (C=O) groups is 2. The molecule has 0 radical (unpaired) electrons. The van der Waals surface area contributed by atoms with Crippen molar-refractivity contribution in [2.24, 2.45) is 0 Å². The van der Waals surface area contributed by atoms with Gasteiger partial charge in [0.1, 0.15) is 11.8 Å². The molecule has 1 N–H and O–H groups in total. The average Bonchev–Trinajstić information content (AvgIpc) is 2.77. The molecular weight excluding hydrogens is 412 g/mol. The lowest BCUT2D eigenvalue weighted by molar-refractivity contribution is -0.142. The molecular formula is C25H31ClN2O3. The minimum Gasteiger partial charge on any atom is -0.484 e. The monoisotopic (exact) mass is 442 g/mol. The third kappa shape index (κ3) is 6.73. The first-order valence-corrected chi connectivity index (χ1v) is 11.3. The Bertz CT molecular complexity index is 896. The van der Waals surface area contributed by atoms with Crippen molar-refractivity contribution in [1.29, 1.82) is 0 Å². The minimum absolute atomic E-state index is 0.127. The molecule has 5 nitrogen and oxygen atoms in total. The molecule has 166 valence electrons. The van der Waals surface area contributed by atoms with Gasteiger partial charge < -0.3 is 15.0 Å². The zero-order valence-electron chi connectivity index (χ0n) is 18.3. The van der Waals surface area contributed by atoms with Crippen molar-refractivity contribution in [2.45, 2.75) is 64.6 Å². The van der Waals surface area contributed by atoms with Gasteiger partial charge in [-0.3, -0.25) is 9.59 Å². The van der Waals surface area contributed by atoms with Crippen LogP contribution in [0.4, 0.5) is 0 Å². The van der Waals surface area contributed by atoms with Crippen molar-refractivity contribution in [2.75, 3.05) is 6.61 Å². The number of halogens is 1. The van der Waals surface area contributed by atoms with Crippen molar-refractivity contribution >= 4 is 23.4 Å². The molecule has 1 saturated carbocycles. The molecule has 1 fully saturated rings. The zero-order chi connectivity index (χ0) is 22.2. The highest BCUT2D eigenvalue weighted by Crippen LogP contribution is 2.20. The van der Waals surface area contributed by atoms with Crippen molar-refractivity contribution in [3.63, 3.8) is 0 Å². The van der Waals surface area contributed by atoms with Gasteiger partial charge in [-0.05, 0) is 56.0 Å². The Balaban J connectivity index is 1.71. The van der Waals surface area contributed by atoms with Crippen LogP contribution < -0.4 is 10.1 Å². The molecule has 0 heterocycles. The summed E-state index contributed by atoms with van der Waals surface area (Å²) in [6, 6.07) is 14.5. The second kappa shape index (κ2) is 11.2. The number of para-hydroxylation sites is 1. The molecule has 0 saturated heterocycles. The average molecular weight is 443 g/mol. The molecule has 0 unspecified atom stereocenters. The first-order valence-electron chi connectivity index (χ1n) is 11.0. The molecule has 2 aromatic rings. The van der Waals surface area contributed by atoms with E-state index in [1.54, 1.807) is 17.9 Å². The number of amides is 2. The number of nitrogens with zero attached hydrogens (tertiary/aromatic N) is 1. The summed E-state index contributed by atoms with van der Waals surface area (Å²) in [4.78, 5) is 27.7. The number of ether oxygens (including phenoxy) is 1. The van der Waals surface area contributed by atoms with Crippen molar-refractivity contribution in [1.82, 2.24) is 10.2 Å². The highest BCUT2D eigenvalue weighted by molar-refractivity contribution is 6.30. The van der Waals surface area contributed by atoms with Crippen LogP contribution in [0.2, 0.25) is 5.02 Å². The number of benzene rings is 2. The molecule has 2 amide bonds. The van der Waals surface area contributed by atoms with Crippen LogP contribution in [0.1, 0.15) is 50.2 Å². The Morgan fingerprint density at radius 1 is 1.13 bits per heavy atom. The van der Waals surface area contributed by atoms with Crippen LogP contribution in [0.15, 0.2) is 48.5 Å². The van der Waals surface area contributed by atoms with Gasteiger partial charge in [0, 0.05) is 17.6 Å². The number of nitrogens with one attached hydrogen (secondary N) is 1. The van der Waals surface area contributed by atoms with E-state index in [1.165, 1.54) is 6.42 Å². The predicted octanol–water partition coefficient (Wildman–Crippen LogP) is 4.89. The number of carbonyl (C=O) groups excluding carboxylic acids is 2. The van der Waals surface area contributed by atoms with Gasteiger partial charge in [0.15, 0.2) is 6.61 Å². The summed E-state index contributed by atoms with van der Waals surface area (Å²) in [6.45, 7) is 3.86. The lowest BCUT2D eigenvalue weighted by atomic mass is 9.95. The lowest BCUT2D eigenvalue weighted by Crippen LogP contribution is -2.51. The van der Waals surface area contributed by atoms with Crippen LogP contribution in [-0.4, -0.2) is 35.4 Å². The molecule has 1 aliphatic rings. The van der Waals surface area contributed by atoms with Crippen molar-refractivity contribution < 1.29 is 14.3 Å². The van der Waals surface area contributed by atoms with Crippen molar-refractivity contribution in [3.8, 4) is 5.75 Å². The number of rotatable bonds is 8. The van der Waals surface area contributed by atoms with E-state index >= 15 is 0 Å². The minimum atomic E-state index is -0.617. The van der Waals surface area contributed by atoms with E-state index in [0.29, 0.717) is 10.8 Å². The Kier molecular flexibility index (Phi) is 8.35. The first kappa shape index (κ1) is 23.1. The normalized spacial score (nSPS) is 15.2. The maximum absolute atomic E-state index is 13.1. The maximum Gasteiger partial charge on any atom is 0.261 e. The van der Waals surface area contributed by atoms with E-state index in [9.17, 15) is 9.59 Å². The highest BCUT2D eigenvalue weighted by Gasteiger charge is 2.28. The maximum atomic E-state index is 13.1. The van der Waals surface area contributed by atoms with Gasteiger partial charge in [-0.25, -0.2) is 0 Å². The molecule has 0 aliphatic heterocycles. The summed E-state index contributed by atoms with van der Waals surface area (Å²) < 4.78 is 5.77. The summed E-state index contributed by atoms with van der Waals surface area (Å²) >= 11 is 6.13. The summed E-state index contributed by atoms with van der Waals surface area (Å²) in [5.74, 6) is 0.297. The van der Waals surface area contributed by atoms with E-state index in [1.807, 2.05) is 49.4 Å². The molecule has 0 spiro atoms. The fourth-order valence-electron chi connectivity index (χ4n) is 3.92. The van der Waals surface area contributed by atoms with Crippen LogP contribution in [0.3, 0.4) is 0 Å². The number of hydrogen-bond acceptors (Lipinski definition) is 3. The first-order chi connectivity index (χ1) is 14.9. The summed E-state index contributed by atoms with van der Waals surface area (Å²) in [5.41, 5.74) is 1.83. The van der Waals surface area contributed by atoms with Gasteiger partial charge in [-0.1, -0.05) is 61.2 Å². The fourth-order valence-corrected chi connectivity index (χ4v) is 4.14. The van der Waals surface area contributed by atoms with Gasteiger partial charge in [-0.2, -0.15) is 0 Å². The second-order valence-electron chi connectivity index (χ2n) is 8.23. The van der Waals surface area contributed by atoms with Crippen LogP contribution in [0.25, 0.3) is 0 Å². The van der Waals surface area contributed by atoms with E-state index in [-0.39, 0.29) is 31.0 Å². The third-order valence-corrected chi connectivity index (χ3v) is 6.04. The lowest BCUT2D eigenvalue weighted by Gasteiger charge is -2.31. The van der Waals surface area contributed by atoms with E-state index in [4.69, 9.17) is 16.3 Å². The topological polar surface area (TPSA) is 58.6 Å². The van der Waals surface area contributed by atoms with Crippen LogP contribution >= 0.6 is 11.6 Å². The summed E-state index contributed by atoms with van der Waals surface area (Å²) in [6.07, 6.45) is 5.48. The van der Waals surface area contributed by atoms with Gasteiger partial charge >= 0.3 is 0 Å². The molecule has 1 aliphatic carbocycles. The molecule has 2 aromatic carbocycles. The fraction of sp³-hybridized carbons (Fsp3) is 0.440. The van der Waals surface area contributed by atoms with Crippen LogP contribution in [-0.2, 0) is 16.1 Å². The molecule has 0 aromatic heterocycles. The predicted molar refractivity (Wildman–Crippen MR) is 123 cm³/mol. The molecule has 1 atom stereocenters. The van der Waals surface area contributed by atoms with Gasteiger partial charge in [-0.15, -0.1) is 0 Å². The van der Waals surface area contributed by atoms with Crippen LogP contribution in [0.5, 0.6) is 5.75 Å². The van der Waals surface area contributed by atoms with Crippen LogP contribution in [0, 0.1) is 6.92 Å². The Hall–Kier alpha value is -2.53. The molecule has 3 rings (SSSR count). The third-order valence-electron chi connectivity index (χ3n) is 5.81. The quantitative estimate of drug-likeness (QED) is 0.633. The Morgan fingerprint density at radius 3 is 2.58 bits per heavy atom. The van der Waals surface area contributed by atoms with Gasteiger partial charge in [0.05, 0.1) is 0 Å². The smallest absolute Gasteiger partial charge is 0.261 e. The molecule has 0 bridgehead atoms. The van der Waals surface area contributed by atoms with E-state index in [2.05, 4.69) is 5.32 Å². The second-order valence-corrected chi connectivity index (χ2v) is 8.66. The highest BCUT2D eigenvalue weighted by atomic mass is 35.5. The Labute approximate surface area is 189 Å². The van der Waals surface area contributed by atoms with Gasteiger partial charge in [0.25, 0.3) is 5.91 Å². The largest absolute Gasteiger partial charge is 0.484 e. The summed E-state index contributed by atoms with van der Waals surface area (Å²) in [5, 5.41) is 3.73. The zero-order valence-corrected chi connectivity index (χ0v) is 19.0. The Morgan fingerprint density at radius 2 is 1.87 bits per heavy atom. The van der Waals surface area contributed by atoms with E-state index in [0.717, 1.165) is 36.8 Å². The number of aryl methyl sites for hydroxylation is 1. The standard InChI is InChI=1S/C25H31ClN2O3/c1-18-9-6-7-14-23(18)31-17-24(29)28(16-20-10-8-11-21(26)15-20)19(2)25(30)27-22-12-4-3-5-13-22/h6-11,14-15,19,22H,3-5,12-13,16-17H2,1-2H3,(H,27,30)/t19-/m0/s1. The van der Waals surface area contributed by atoms with Crippen molar-refractivity contribution in [3.05, 3.63) is 64.7 Å². The molecule has 6 heteroatoms. The molecule has 31 heavy (non-hydrogen) atoms. The summed E-state index contributed by atoms with van der Waals surface area (Å²) in [7, 11) is 0. The van der Waals surface area contributed by atoms with E-state index < -0.39 is 6.04 Å².